The fraction of sp³-hybridized carbons (Fsp3) is 0.308. The topological polar surface area (TPSA) is 33.5 Å². The maximum absolute atomic E-state index is 12.2. The summed E-state index contributed by atoms with van der Waals surface area (Å²) in [7, 11) is 1.86. The van der Waals surface area contributed by atoms with Crippen LogP contribution < -0.4 is 0 Å². The summed E-state index contributed by atoms with van der Waals surface area (Å²) < 4.78 is 5.37. The van der Waals surface area contributed by atoms with Crippen LogP contribution >= 0.6 is 0 Å². The molecule has 0 bridgehead atoms. The summed E-state index contributed by atoms with van der Waals surface area (Å²) in [6.45, 7) is 0. The minimum absolute atomic E-state index is 0.0625. The standard InChI is InChI=1S/C13H13NO2/c1-14(9-6-7-9)13(15)11-8-16-12-5-3-2-4-10(11)12/h2-5,8-9H,6-7H2,1H3. The van der Waals surface area contributed by atoms with Crippen LogP contribution in [0.2, 0.25) is 0 Å². The van der Waals surface area contributed by atoms with Crippen molar-refractivity contribution in [3.63, 3.8) is 0 Å². The Labute approximate surface area is 93.6 Å². The Hall–Kier alpha value is -1.77. The van der Waals surface area contributed by atoms with Gasteiger partial charge in [0, 0.05) is 18.5 Å². The molecule has 1 saturated carbocycles. The first-order valence-corrected chi connectivity index (χ1v) is 5.51. The summed E-state index contributed by atoms with van der Waals surface area (Å²) in [5, 5.41) is 0.903. The second-order valence-corrected chi connectivity index (χ2v) is 4.29. The van der Waals surface area contributed by atoms with Crippen molar-refractivity contribution >= 4 is 16.9 Å². The Morgan fingerprint density at radius 2 is 2.12 bits per heavy atom. The Morgan fingerprint density at radius 1 is 1.38 bits per heavy atom. The lowest BCUT2D eigenvalue weighted by Crippen LogP contribution is -2.28. The van der Waals surface area contributed by atoms with Crippen molar-refractivity contribution in [1.82, 2.24) is 4.90 Å². The number of para-hydroxylation sites is 1. The van der Waals surface area contributed by atoms with E-state index in [1.807, 2.05) is 36.2 Å². The molecule has 0 atom stereocenters. The lowest BCUT2D eigenvalue weighted by molar-refractivity contribution is 0.0786. The molecule has 1 amide bonds. The highest BCUT2D eigenvalue weighted by Crippen LogP contribution is 2.29. The van der Waals surface area contributed by atoms with Crippen molar-refractivity contribution in [2.24, 2.45) is 0 Å². The number of rotatable bonds is 2. The fourth-order valence-corrected chi connectivity index (χ4v) is 1.96. The Morgan fingerprint density at radius 3 is 2.88 bits per heavy atom. The Balaban J connectivity index is 2.01. The quantitative estimate of drug-likeness (QED) is 0.771. The molecule has 2 aromatic rings. The molecule has 3 rings (SSSR count). The zero-order valence-corrected chi connectivity index (χ0v) is 9.14. The summed E-state index contributed by atoms with van der Waals surface area (Å²) in [5.41, 5.74) is 1.44. The maximum Gasteiger partial charge on any atom is 0.257 e. The molecule has 0 radical (unpaired) electrons. The number of hydrogen-bond acceptors (Lipinski definition) is 2. The van der Waals surface area contributed by atoms with Crippen molar-refractivity contribution in [3.05, 3.63) is 36.1 Å². The van der Waals surface area contributed by atoms with E-state index >= 15 is 0 Å². The van der Waals surface area contributed by atoms with Gasteiger partial charge in [-0.15, -0.1) is 0 Å². The van der Waals surface area contributed by atoms with Gasteiger partial charge in [-0.3, -0.25) is 4.79 Å². The SMILES string of the molecule is CN(C(=O)c1coc2ccccc12)C1CC1. The molecule has 0 unspecified atom stereocenters. The molecule has 3 heteroatoms. The van der Waals surface area contributed by atoms with Gasteiger partial charge < -0.3 is 9.32 Å². The van der Waals surface area contributed by atoms with Crippen molar-refractivity contribution in [3.8, 4) is 0 Å². The monoisotopic (exact) mass is 215 g/mol. The van der Waals surface area contributed by atoms with Crippen LogP contribution in [0.1, 0.15) is 23.2 Å². The number of amides is 1. The zero-order valence-electron chi connectivity index (χ0n) is 9.14. The van der Waals surface area contributed by atoms with Gasteiger partial charge in [-0.2, -0.15) is 0 Å². The second kappa shape index (κ2) is 3.37. The van der Waals surface area contributed by atoms with Crippen LogP contribution in [0.5, 0.6) is 0 Å². The highest BCUT2D eigenvalue weighted by atomic mass is 16.3. The Bertz CT molecular complexity index is 540. The zero-order chi connectivity index (χ0) is 11.1. The van der Waals surface area contributed by atoms with E-state index in [1.54, 1.807) is 6.26 Å². The number of carbonyl (C=O) groups is 1. The number of carbonyl (C=O) groups excluding carboxylic acids is 1. The number of fused-ring (bicyclic) bond motifs is 1. The molecule has 82 valence electrons. The highest BCUT2D eigenvalue weighted by Gasteiger charge is 2.31. The van der Waals surface area contributed by atoms with E-state index in [-0.39, 0.29) is 5.91 Å². The molecule has 1 fully saturated rings. The highest BCUT2D eigenvalue weighted by molar-refractivity contribution is 6.05. The predicted octanol–water partition coefficient (Wildman–Crippen LogP) is 2.67. The third-order valence-corrected chi connectivity index (χ3v) is 3.13. The van der Waals surface area contributed by atoms with Crippen LogP contribution in [-0.4, -0.2) is 23.9 Å². The molecule has 1 aromatic heterocycles. The average Bonchev–Trinajstić information content (AvgIpc) is 3.07. The molecule has 1 aliphatic carbocycles. The lowest BCUT2D eigenvalue weighted by atomic mass is 10.1. The number of hydrogen-bond donors (Lipinski definition) is 0. The van der Waals surface area contributed by atoms with Gasteiger partial charge in [0.2, 0.25) is 0 Å². The molecule has 3 nitrogen and oxygen atoms in total. The number of furan rings is 1. The van der Waals surface area contributed by atoms with E-state index in [9.17, 15) is 4.79 Å². The second-order valence-electron chi connectivity index (χ2n) is 4.29. The molecular formula is C13H13NO2. The molecular weight excluding hydrogens is 202 g/mol. The van der Waals surface area contributed by atoms with Crippen LogP contribution in [0.4, 0.5) is 0 Å². The van der Waals surface area contributed by atoms with Gasteiger partial charge in [-0.1, -0.05) is 18.2 Å². The first-order chi connectivity index (χ1) is 7.77. The molecule has 1 aliphatic rings. The third-order valence-electron chi connectivity index (χ3n) is 3.13. The lowest BCUT2D eigenvalue weighted by Gasteiger charge is -2.14. The normalized spacial score (nSPS) is 15.3. The van der Waals surface area contributed by atoms with E-state index in [4.69, 9.17) is 4.42 Å². The fourth-order valence-electron chi connectivity index (χ4n) is 1.96. The summed E-state index contributed by atoms with van der Waals surface area (Å²) in [5.74, 6) is 0.0625. The summed E-state index contributed by atoms with van der Waals surface area (Å²) in [6, 6.07) is 8.06. The van der Waals surface area contributed by atoms with Gasteiger partial charge in [0.1, 0.15) is 11.8 Å². The van der Waals surface area contributed by atoms with E-state index < -0.39 is 0 Å². The van der Waals surface area contributed by atoms with Crippen LogP contribution in [0.25, 0.3) is 11.0 Å². The largest absolute Gasteiger partial charge is 0.463 e. The summed E-state index contributed by atoms with van der Waals surface area (Å²) in [6.07, 6.45) is 3.81. The van der Waals surface area contributed by atoms with E-state index in [0.29, 0.717) is 11.6 Å². The van der Waals surface area contributed by atoms with Crippen molar-refractivity contribution in [2.75, 3.05) is 7.05 Å². The molecule has 0 N–H and O–H groups in total. The first kappa shape index (κ1) is 9.46. The molecule has 0 saturated heterocycles. The van der Waals surface area contributed by atoms with E-state index in [0.717, 1.165) is 23.8 Å². The molecule has 16 heavy (non-hydrogen) atoms. The molecule has 0 aliphatic heterocycles. The van der Waals surface area contributed by atoms with Crippen LogP contribution in [0, 0.1) is 0 Å². The average molecular weight is 215 g/mol. The van der Waals surface area contributed by atoms with E-state index in [2.05, 4.69) is 0 Å². The van der Waals surface area contributed by atoms with Crippen molar-refractivity contribution in [1.29, 1.82) is 0 Å². The van der Waals surface area contributed by atoms with Crippen LogP contribution in [0.15, 0.2) is 34.9 Å². The van der Waals surface area contributed by atoms with Crippen LogP contribution in [0.3, 0.4) is 0 Å². The first-order valence-electron chi connectivity index (χ1n) is 5.51. The minimum atomic E-state index is 0.0625. The van der Waals surface area contributed by atoms with Gasteiger partial charge in [-0.25, -0.2) is 0 Å². The van der Waals surface area contributed by atoms with Crippen molar-refractivity contribution < 1.29 is 9.21 Å². The number of nitrogens with zero attached hydrogens (tertiary/aromatic N) is 1. The molecule has 1 aromatic carbocycles. The van der Waals surface area contributed by atoms with Gasteiger partial charge in [0.15, 0.2) is 0 Å². The maximum atomic E-state index is 12.2. The van der Waals surface area contributed by atoms with Crippen molar-refractivity contribution in [2.45, 2.75) is 18.9 Å². The predicted molar refractivity (Wildman–Crippen MR) is 61.3 cm³/mol. The van der Waals surface area contributed by atoms with Crippen LogP contribution in [-0.2, 0) is 0 Å². The summed E-state index contributed by atoms with van der Waals surface area (Å²) >= 11 is 0. The summed E-state index contributed by atoms with van der Waals surface area (Å²) in [4.78, 5) is 14.0. The smallest absolute Gasteiger partial charge is 0.257 e. The number of benzene rings is 1. The minimum Gasteiger partial charge on any atom is -0.463 e. The van der Waals surface area contributed by atoms with Gasteiger partial charge in [0.05, 0.1) is 5.56 Å². The van der Waals surface area contributed by atoms with E-state index in [1.165, 1.54) is 0 Å². The molecule has 1 heterocycles. The van der Waals surface area contributed by atoms with Gasteiger partial charge >= 0.3 is 0 Å². The van der Waals surface area contributed by atoms with Gasteiger partial charge in [-0.05, 0) is 18.9 Å². The molecule has 0 spiro atoms. The van der Waals surface area contributed by atoms with Gasteiger partial charge in [0.25, 0.3) is 5.91 Å². The Kier molecular flexibility index (Phi) is 1.99. The third kappa shape index (κ3) is 1.40.